The molecule has 1 aromatic carbocycles. The van der Waals surface area contributed by atoms with E-state index in [0.717, 1.165) is 6.07 Å². The first kappa shape index (κ1) is 13.9. The maximum atomic E-state index is 13.2. The third kappa shape index (κ3) is 3.14. The van der Waals surface area contributed by atoms with Crippen LogP contribution in [-0.4, -0.2) is 27.3 Å². The molecule has 1 aromatic rings. The van der Waals surface area contributed by atoms with E-state index in [1.165, 1.54) is 0 Å². The van der Waals surface area contributed by atoms with E-state index in [2.05, 4.69) is 4.43 Å². The van der Waals surface area contributed by atoms with Gasteiger partial charge in [0.05, 0.1) is 0 Å². The summed E-state index contributed by atoms with van der Waals surface area (Å²) in [5.74, 6) is -3.15. The van der Waals surface area contributed by atoms with Crippen molar-refractivity contribution in [2.45, 2.75) is 5.67 Å². The topological polar surface area (TPSA) is 32.7 Å². The van der Waals surface area contributed by atoms with E-state index in [9.17, 15) is 22.0 Å². The van der Waals surface area contributed by atoms with Gasteiger partial charge in [-0.15, -0.1) is 5.12 Å². The summed E-state index contributed by atoms with van der Waals surface area (Å²) in [7, 11) is -2.80. The number of rotatable bonds is 5. The maximum Gasteiger partial charge on any atom is 0.346 e. The van der Waals surface area contributed by atoms with Crippen molar-refractivity contribution in [3.05, 3.63) is 29.8 Å². The molecular weight excluding hydrogens is 265 g/mol. The number of halogens is 5. The number of nitrogens with zero attached hydrogens (tertiary/aromatic N) is 1. The van der Waals surface area contributed by atoms with E-state index in [4.69, 9.17) is 5.11 Å². The number of anilines is 1. The lowest BCUT2D eigenvalue weighted by Gasteiger charge is -2.24. The largest absolute Gasteiger partial charge is 0.392 e. The van der Waals surface area contributed by atoms with Crippen LogP contribution in [0, 0.1) is 11.6 Å². The van der Waals surface area contributed by atoms with Gasteiger partial charge in [0.1, 0.15) is 12.5 Å². The summed E-state index contributed by atoms with van der Waals surface area (Å²) in [4.78, 5) is 0. The third-order valence-electron chi connectivity index (χ3n) is 1.80. The van der Waals surface area contributed by atoms with E-state index in [1.54, 1.807) is 0 Å². The minimum atomic E-state index is -4.09. The Kier molecular flexibility index (Phi) is 4.43. The fraction of sp³-hybridized carbons (Fsp3) is 0.250. The van der Waals surface area contributed by atoms with Crippen LogP contribution in [0.5, 0.6) is 0 Å². The summed E-state index contributed by atoms with van der Waals surface area (Å²) in [5.41, 5.74) is -5.30. The smallest absolute Gasteiger partial charge is 0.346 e. The van der Waals surface area contributed by atoms with E-state index in [1.807, 2.05) is 0 Å². The van der Waals surface area contributed by atoms with Gasteiger partial charge in [-0.2, -0.15) is 8.78 Å². The lowest BCUT2D eigenvalue weighted by atomic mass is 10.3. The van der Waals surface area contributed by atoms with E-state index < -0.39 is 44.7 Å². The number of hydrogen-bond donors (Lipinski definition) is 1. The number of hydrogen-bond acceptors (Lipinski definition) is 3. The van der Waals surface area contributed by atoms with Crippen LogP contribution >= 0.6 is 0 Å². The molecule has 0 aliphatic heterocycles. The summed E-state index contributed by atoms with van der Waals surface area (Å²) < 4.78 is 69.2. The molecule has 0 fully saturated rings. The number of benzene rings is 1. The lowest BCUT2D eigenvalue weighted by Crippen LogP contribution is -2.43. The zero-order chi connectivity index (χ0) is 13.1. The molecule has 0 unspecified atom stereocenters. The highest BCUT2D eigenvalue weighted by Gasteiger charge is 2.41. The number of alkyl halides is 2. The van der Waals surface area contributed by atoms with E-state index >= 15 is 0 Å². The molecule has 1 rings (SSSR count). The Balaban J connectivity index is 2.95. The second-order valence-corrected chi connectivity index (χ2v) is 4.54. The van der Waals surface area contributed by atoms with E-state index in [0.29, 0.717) is 12.1 Å². The van der Waals surface area contributed by atoms with Gasteiger partial charge in [0.15, 0.2) is 11.6 Å². The Morgan fingerprint density at radius 1 is 1.35 bits per heavy atom. The Morgan fingerprint density at radius 3 is 2.59 bits per heavy atom. The average Bonchev–Trinajstić information content (AvgIpc) is 2.29. The van der Waals surface area contributed by atoms with Crippen LogP contribution in [0.2, 0.25) is 0 Å². The Morgan fingerprint density at radius 2 is 2.00 bits per heavy atom. The van der Waals surface area contributed by atoms with Crippen molar-refractivity contribution in [3.8, 4) is 0 Å². The summed E-state index contributed by atoms with van der Waals surface area (Å²) in [6.45, 7) is -0.985. The Labute approximate surface area is 95.3 Å². The minimum Gasteiger partial charge on any atom is -0.392 e. The highest BCUT2D eigenvalue weighted by atomic mass is 28.2. The van der Waals surface area contributed by atoms with Gasteiger partial charge < -0.3 is 9.53 Å². The Bertz CT molecular complexity index is 392. The SMILES string of the molecule is OCO[SiH2]C(F)(F)N(F)c1cccc(F)c1F. The van der Waals surface area contributed by atoms with Crippen LogP contribution in [0.15, 0.2) is 18.2 Å². The molecule has 3 nitrogen and oxygen atoms in total. The normalized spacial score (nSPS) is 12.4. The molecule has 0 aliphatic rings. The van der Waals surface area contributed by atoms with Crippen molar-refractivity contribution >= 4 is 15.5 Å². The third-order valence-corrected chi connectivity index (χ3v) is 2.81. The van der Waals surface area contributed by atoms with Gasteiger partial charge in [-0.05, 0) is 12.1 Å². The molecule has 0 amide bonds. The van der Waals surface area contributed by atoms with Crippen molar-refractivity contribution in [1.29, 1.82) is 0 Å². The Hall–Kier alpha value is -1.19. The van der Waals surface area contributed by atoms with Crippen molar-refractivity contribution in [2.24, 2.45) is 0 Å². The first-order chi connectivity index (χ1) is 7.90. The van der Waals surface area contributed by atoms with Crippen molar-refractivity contribution < 1.29 is 31.6 Å². The van der Waals surface area contributed by atoms with E-state index in [-0.39, 0.29) is 0 Å². The molecule has 0 aliphatic carbocycles. The van der Waals surface area contributed by atoms with Gasteiger partial charge in [0.25, 0.3) is 9.76 Å². The molecule has 17 heavy (non-hydrogen) atoms. The minimum absolute atomic E-state index is 0.666. The van der Waals surface area contributed by atoms with Crippen molar-refractivity contribution in [1.82, 2.24) is 0 Å². The van der Waals surface area contributed by atoms with Gasteiger partial charge in [0, 0.05) is 0 Å². The van der Waals surface area contributed by atoms with Crippen LogP contribution in [0.1, 0.15) is 0 Å². The summed E-state index contributed by atoms with van der Waals surface area (Å²) in [6, 6.07) is 2.23. The number of aliphatic hydroxyl groups excluding tert-OH is 1. The quantitative estimate of drug-likeness (QED) is 0.288. The maximum absolute atomic E-state index is 13.2. The van der Waals surface area contributed by atoms with Crippen LogP contribution in [-0.2, 0) is 4.43 Å². The zero-order valence-corrected chi connectivity index (χ0v) is 9.75. The predicted octanol–water partition coefficient (Wildman–Crippen LogP) is 1.26. The van der Waals surface area contributed by atoms with Gasteiger partial charge in [-0.3, -0.25) is 0 Å². The van der Waals surface area contributed by atoms with Crippen LogP contribution in [0.25, 0.3) is 0 Å². The van der Waals surface area contributed by atoms with Gasteiger partial charge in [-0.1, -0.05) is 10.5 Å². The van der Waals surface area contributed by atoms with Gasteiger partial charge in [0.2, 0.25) is 0 Å². The molecule has 0 radical (unpaired) electrons. The fourth-order valence-electron chi connectivity index (χ4n) is 1.05. The van der Waals surface area contributed by atoms with Gasteiger partial charge >= 0.3 is 5.67 Å². The highest BCUT2D eigenvalue weighted by molar-refractivity contribution is 6.31. The standard InChI is InChI=1S/C8H8F5NO2Si/c9-5-2-1-3-6(7(5)10)14(13)8(11,12)17-16-4-15/h1-3,15H,4,17H2. The molecule has 9 heteroatoms. The zero-order valence-electron chi connectivity index (χ0n) is 8.34. The lowest BCUT2D eigenvalue weighted by molar-refractivity contribution is 0.00628. The molecule has 0 heterocycles. The molecule has 0 spiro atoms. The van der Waals surface area contributed by atoms with Crippen LogP contribution in [0.4, 0.5) is 27.7 Å². The van der Waals surface area contributed by atoms with Crippen LogP contribution < -0.4 is 5.12 Å². The monoisotopic (exact) mass is 273 g/mol. The fourth-order valence-corrected chi connectivity index (χ4v) is 1.67. The molecule has 0 saturated carbocycles. The molecular formula is C8H8F5NO2Si. The molecule has 0 atom stereocenters. The van der Waals surface area contributed by atoms with Gasteiger partial charge in [-0.25, -0.2) is 8.78 Å². The molecule has 0 bridgehead atoms. The first-order valence-corrected chi connectivity index (χ1v) is 5.65. The second kappa shape index (κ2) is 5.43. The second-order valence-electron chi connectivity index (χ2n) is 3.00. The highest BCUT2D eigenvalue weighted by Crippen LogP contribution is 2.30. The summed E-state index contributed by atoms with van der Waals surface area (Å²) in [5, 5.41) is 7.00. The van der Waals surface area contributed by atoms with Crippen molar-refractivity contribution in [3.63, 3.8) is 0 Å². The first-order valence-electron chi connectivity index (χ1n) is 4.36. The van der Waals surface area contributed by atoms with Crippen molar-refractivity contribution in [2.75, 3.05) is 11.9 Å². The summed E-state index contributed by atoms with van der Waals surface area (Å²) in [6.07, 6.45) is 0. The molecule has 0 saturated heterocycles. The number of aliphatic hydroxyl groups is 1. The summed E-state index contributed by atoms with van der Waals surface area (Å²) >= 11 is 0. The predicted molar refractivity (Wildman–Crippen MR) is 51.6 cm³/mol. The average molecular weight is 273 g/mol. The van der Waals surface area contributed by atoms with Crippen LogP contribution in [0.3, 0.4) is 0 Å². The molecule has 1 N–H and O–H groups in total. The molecule has 0 aromatic heterocycles. The molecule has 96 valence electrons.